The highest BCUT2D eigenvalue weighted by atomic mass is 79.9. The first-order valence-corrected chi connectivity index (χ1v) is 3.84. The van der Waals surface area contributed by atoms with E-state index in [0.29, 0.717) is 10.4 Å². The summed E-state index contributed by atoms with van der Waals surface area (Å²) in [6.07, 6.45) is 1.36. The molecule has 1 heterocycles. The largest absolute Gasteiger partial charge is 0.506 e. The second-order valence-electron chi connectivity index (χ2n) is 2.09. The lowest BCUT2D eigenvalue weighted by atomic mass is 10.3. The Morgan fingerprint density at radius 3 is 2.82 bits per heavy atom. The van der Waals surface area contributed by atoms with Crippen LogP contribution in [-0.2, 0) is 0 Å². The predicted octanol–water partition coefficient (Wildman–Crippen LogP) is 1.87. The van der Waals surface area contributed by atoms with E-state index >= 15 is 0 Å². The Labute approximate surface area is 73.2 Å². The zero-order valence-corrected chi connectivity index (χ0v) is 7.84. The second kappa shape index (κ2) is 3.09. The summed E-state index contributed by atoms with van der Waals surface area (Å²) in [4.78, 5) is 3.84. The fourth-order valence-corrected chi connectivity index (χ4v) is 1.16. The molecule has 0 fully saturated rings. The van der Waals surface area contributed by atoms with E-state index in [1.165, 1.54) is 13.3 Å². The van der Waals surface area contributed by atoms with Crippen molar-refractivity contribution in [2.24, 2.45) is 0 Å². The lowest BCUT2D eigenvalue weighted by molar-refractivity contribution is 0.390. The van der Waals surface area contributed by atoms with E-state index in [0.717, 1.165) is 5.56 Å². The quantitative estimate of drug-likeness (QED) is 0.782. The Balaban J connectivity index is 3.25. The maximum Gasteiger partial charge on any atom is 0.228 e. The molecule has 0 spiro atoms. The fraction of sp³-hybridized carbons (Fsp3) is 0.286. The van der Waals surface area contributed by atoms with Gasteiger partial charge in [-0.15, -0.1) is 0 Å². The van der Waals surface area contributed by atoms with Gasteiger partial charge in [0.15, 0.2) is 0 Å². The van der Waals surface area contributed by atoms with Crippen LogP contribution in [0.15, 0.2) is 10.7 Å². The van der Waals surface area contributed by atoms with E-state index in [9.17, 15) is 5.11 Å². The van der Waals surface area contributed by atoms with Crippen LogP contribution in [0.1, 0.15) is 5.56 Å². The monoisotopic (exact) mass is 217 g/mol. The molecule has 11 heavy (non-hydrogen) atoms. The Morgan fingerprint density at radius 2 is 2.27 bits per heavy atom. The van der Waals surface area contributed by atoms with Crippen molar-refractivity contribution >= 4 is 15.9 Å². The van der Waals surface area contributed by atoms with Crippen LogP contribution in [0.3, 0.4) is 0 Å². The zero-order valence-electron chi connectivity index (χ0n) is 6.26. The minimum absolute atomic E-state index is 0.165. The number of hydrogen-bond acceptors (Lipinski definition) is 3. The molecule has 0 aliphatic carbocycles. The first kappa shape index (κ1) is 8.33. The normalized spacial score (nSPS) is 9.73. The highest BCUT2D eigenvalue weighted by molar-refractivity contribution is 9.10. The van der Waals surface area contributed by atoms with Gasteiger partial charge in [0.25, 0.3) is 0 Å². The summed E-state index contributed by atoms with van der Waals surface area (Å²) in [5.74, 6) is 0.651. The third-order valence-corrected chi connectivity index (χ3v) is 2.33. The summed E-state index contributed by atoms with van der Waals surface area (Å²) in [5.41, 5.74) is 0.733. The highest BCUT2D eigenvalue weighted by Crippen LogP contribution is 2.30. The molecule has 0 unspecified atom stereocenters. The first-order chi connectivity index (χ1) is 5.16. The van der Waals surface area contributed by atoms with Gasteiger partial charge in [0.1, 0.15) is 5.75 Å². The van der Waals surface area contributed by atoms with Gasteiger partial charge in [-0.1, -0.05) is 0 Å². The first-order valence-electron chi connectivity index (χ1n) is 3.05. The predicted molar refractivity (Wildman–Crippen MR) is 44.9 cm³/mol. The second-order valence-corrected chi connectivity index (χ2v) is 2.88. The van der Waals surface area contributed by atoms with Crippen LogP contribution in [-0.4, -0.2) is 17.2 Å². The van der Waals surface area contributed by atoms with Gasteiger partial charge in [0, 0.05) is 5.56 Å². The summed E-state index contributed by atoms with van der Waals surface area (Å²) >= 11 is 3.24. The van der Waals surface area contributed by atoms with Crippen molar-refractivity contribution in [1.82, 2.24) is 4.98 Å². The van der Waals surface area contributed by atoms with Gasteiger partial charge in [0.05, 0.1) is 17.8 Å². The van der Waals surface area contributed by atoms with Crippen LogP contribution >= 0.6 is 15.9 Å². The van der Waals surface area contributed by atoms with E-state index in [4.69, 9.17) is 4.74 Å². The molecular formula is C7H8BrNO2. The fourth-order valence-electron chi connectivity index (χ4n) is 0.688. The molecule has 0 aliphatic heterocycles. The Kier molecular flexibility index (Phi) is 2.34. The number of hydrogen-bond donors (Lipinski definition) is 1. The number of nitrogens with zero attached hydrogens (tertiary/aromatic N) is 1. The van der Waals surface area contributed by atoms with E-state index in [-0.39, 0.29) is 5.75 Å². The van der Waals surface area contributed by atoms with E-state index in [1.807, 2.05) is 0 Å². The van der Waals surface area contributed by atoms with E-state index in [1.54, 1.807) is 6.92 Å². The topological polar surface area (TPSA) is 42.4 Å². The molecule has 0 aromatic carbocycles. The molecule has 60 valence electrons. The number of halogens is 1. The molecule has 0 bridgehead atoms. The average Bonchev–Trinajstić information content (AvgIpc) is 2.01. The van der Waals surface area contributed by atoms with Crippen molar-refractivity contribution in [3.05, 3.63) is 16.2 Å². The van der Waals surface area contributed by atoms with Crippen molar-refractivity contribution in [3.8, 4) is 11.6 Å². The van der Waals surface area contributed by atoms with Crippen molar-refractivity contribution in [3.63, 3.8) is 0 Å². The zero-order chi connectivity index (χ0) is 8.43. The Bertz CT molecular complexity index is 275. The minimum Gasteiger partial charge on any atom is -0.506 e. The van der Waals surface area contributed by atoms with Gasteiger partial charge in [-0.25, -0.2) is 4.98 Å². The molecular weight excluding hydrogens is 210 g/mol. The summed E-state index contributed by atoms with van der Waals surface area (Å²) in [5, 5.41) is 9.17. The van der Waals surface area contributed by atoms with Crippen LogP contribution in [0, 0.1) is 6.92 Å². The molecule has 1 rings (SSSR count). The van der Waals surface area contributed by atoms with Crippen molar-refractivity contribution in [2.45, 2.75) is 6.92 Å². The van der Waals surface area contributed by atoms with Crippen LogP contribution in [0.25, 0.3) is 0 Å². The lowest BCUT2D eigenvalue weighted by Crippen LogP contribution is -1.90. The summed E-state index contributed by atoms with van der Waals surface area (Å²) in [7, 11) is 1.53. The van der Waals surface area contributed by atoms with Crippen molar-refractivity contribution < 1.29 is 9.84 Å². The SMILES string of the molecule is COc1ncc(O)c(C)c1Br. The standard InChI is InChI=1S/C7H8BrNO2/c1-4-5(10)3-9-7(11-2)6(4)8/h3,10H,1-2H3. The summed E-state index contributed by atoms with van der Waals surface area (Å²) in [6, 6.07) is 0. The summed E-state index contributed by atoms with van der Waals surface area (Å²) < 4.78 is 5.61. The number of methoxy groups -OCH3 is 1. The van der Waals surface area contributed by atoms with Gasteiger partial charge in [0.2, 0.25) is 5.88 Å². The lowest BCUT2D eigenvalue weighted by Gasteiger charge is -2.04. The molecule has 1 N–H and O–H groups in total. The Hall–Kier alpha value is -0.770. The summed E-state index contributed by atoms with van der Waals surface area (Å²) in [6.45, 7) is 1.78. The molecule has 1 aromatic heterocycles. The van der Waals surface area contributed by atoms with Gasteiger partial charge < -0.3 is 9.84 Å². The molecule has 3 nitrogen and oxygen atoms in total. The van der Waals surface area contributed by atoms with Crippen LogP contribution in [0.2, 0.25) is 0 Å². The average molecular weight is 218 g/mol. The van der Waals surface area contributed by atoms with E-state index < -0.39 is 0 Å². The van der Waals surface area contributed by atoms with Crippen LogP contribution in [0.4, 0.5) is 0 Å². The maximum atomic E-state index is 9.17. The third kappa shape index (κ3) is 1.45. The van der Waals surface area contributed by atoms with Crippen molar-refractivity contribution in [1.29, 1.82) is 0 Å². The van der Waals surface area contributed by atoms with Crippen molar-refractivity contribution in [2.75, 3.05) is 7.11 Å². The van der Waals surface area contributed by atoms with Gasteiger partial charge in [-0.2, -0.15) is 0 Å². The van der Waals surface area contributed by atoms with Gasteiger partial charge in [-0.3, -0.25) is 0 Å². The van der Waals surface area contributed by atoms with Gasteiger partial charge >= 0.3 is 0 Å². The number of pyridine rings is 1. The number of rotatable bonds is 1. The maximum absolute atomic E-state index is 9.17. The number of aromatic hydroxyl groups is 1. The molecule has 0 saturated carbocycles. The van der Waals surface area contributed by atoms with Crippen LogP contribution in [0.5, 0.6) is 11.6 Å². The highest BCUT2D eigenvalue weighted by Gasteiger charge is 2.07. The molecule has 0 aliphatic rings. The molecule has 4 heteroatoms. The molecule has 1 aromatic rings. The Morgan fingerprint density at radius 1 is 1.64 bits per heavy atom. The minimum atomic E-state index is 0.165. The molecule has 0 radical (unpaired) electrons. The number of ether oxygens (including phenoxy) is 1. The molecule has 0 atom stereocenters. The third-order valence-electron chi connectivity index (χ3n) is 1.40. The van der Waals surface area contributed by atoms with Gasteiger partial charge in [-0.05, 0) is 22.9 Å². The molecule has 0 amide bonds. The smallest absolute Gasteiger partial charge is 0.228 e. The number of aromatic nitrogens is 1. The van der Waals surface area contributed by atoms with E-state index in [2.05, 4.69) is 20.9 Å². The molecule has 0 saturated heterocycles. The van der Waals surface area contributed by atoms with Crippen LogP contribution < -0.4 is 4.74 Å².